The molecule has 2 N–H and O–H groups in total. The molecule has 3 aliphatic heterocycles. The number of para-hydroxylation sites is 1. The van der Waals surface area contributed by atoms with Crippen molar-refractivity contribution < 1.29 is 9.59 Å². The van der Waals surface area contributed by atoms with E-state index in [0.717, 1.165) is 68.3 Å². The van der Waals surface area contributed by atoms with Crippen LogP contribution in [0.25, 0.3) is 11.0 Å². The van der Waals surface area contributed by atoms with Crippen LogP contribution in [0.4, 0.5) is 0 Å². The first kappa shape index (κ1) is 22.3. The first-order chi connectivity index (χ1) is 16.0. The van der Waals surface area contributed by atoms with Crippen LogP contribution in [0, 0.1) is 5.92 Å². The molecule has 2 aromatic rings. The molecule has 3 fully saturated rings. The second kappa shape index (κ2) is 9.40. The van der Waals surface area contributed by atoms with Crippen LogP contribution in [-0.2, 0) is 23.2 Å². The Bertz CT molecular complexity index is 1090. The molecule has 178 valence electrons. The molecule has 0 spiro atoms. The van der Waals surface area contributed by atoms with E-state index in [0.29, 0.717) is 6.42 Å². The Hall–Kier alpha value is -2.49. The van der Waals surface area contributed by atoms with Gasteiger partial charge in [-0.15, -0.1) is 0 Å². The molecule has 2 amide bonds. The molecule has 5 rings (SSSR count). The number of benzene rings is 1. The zero-order valence-electron chi connectivity index (χ0n) is 19.4. The molecule has 1 aromatic heterocycles. The van der Waals surface area contributed by atoms with E-state index in [4.69, 9.17) is 0 Å². The number of imidazole rings is 1. The number of rotatable bonds is 5. The Morgan fingerprint density at radius 3 is 2.42 bits per heavy atom. The van der Waals surface area contributed by atoms with Crippen molar-refractivity contribution in [3.05, 3.63) is 34.2 Å². The third-order valence-electron chi connectivity index (χ3n) is 7.54. The van der Waals surface area contributed by atoms with Crippen LogP contribution in [-0.4, -0.2) is 76.6 Å². The maximum atomic E-state index is 13.1. The van der Waals surface area contributed by atoms with Crippen molar-refractivity contribution in [2.24, 2.45) is 13.0 Å². The summed E-state index contributed by atoms with van der Waals surface area (Å²) in [5.41, 5.74) is 2.53. The van der Waals surface area contributed by atoms with E-state index in [9.17, 15) is 14.4 Å². The van der Waals surface area contributed by atoms with Crippen LogP contribution >= 0.6 is 0 Å². The van der Waals surface area contributed by atoms with E-state index in [-0.39, 0.29) is 18.0 Å². The summed E-state index contributed by atoms with van der Waals surface area (Å²) in [6.45, 7) is 8.47. The van der Waals surface area contributed by atoms with Gasteiger partial charge >= 0.3 is 5.69 Å². The van der Waals surface area contributed by atoms with Crippen molar-refractivity contribution in [1.82, 2.24) is 29.6 Å². The summed E-state index contributed by atoms with van der Waals surface area (Å²) in [6.07, 6.45) is 3.16. The molecule has 1 atom stereocenters. The highest BCUT2D eigenvalue weighted by Gasteiger charge is 2.32. The molecule has 1 aromatic carbocycles. The Morgan fingerprint density at radius 2 is 1.70 bits per heavy atom. The molecule has 33 heavy (non-hydrogen) atoms. The number of amides is 2. The van der Waals surface area contributed by atoms with Crippen molar-refractivity contribution in [3.63, 3.8) is 0 Å². The minimum absolute atomic E-state index is 0.209. The monoisotopic (exact) mass is 454 g/mol. The summed E-state index contributed by atoms with van der Waals surface area (Å²) in [5.74, 6) is 0.147. The van der Waals surface area contributed by atoms with Gasteiger partial charge in [-0.2, -0.15) is 0 Å². The number of imide groups is 1. The number of fused-ring (bicyclic) bond motifs is 1. The molecule has 4 heterocycles. The lowest BCUT2D eigenvalue weighted by molar-refractivity contribution is -0.135. The third-order valence-corrected chi connectivity index (χ3v) is 7.54. The van der Waals surface area contributed by atoms with Crippen molar-refractivity contribution in [2.45, 2.75) is 38.3 Å². The Kier molecular flexibility index (Phi) is 6.36. The van der Waals surface area contributed by atoms with E-state index < -0.39 is 11.9 Å². The largest absolute Gasteiger partial charge is 0.329 e. The van der Waals surface area contributed by atoms with E-state index in [1.54, 1.807) is 16.2 Å². The molecule has 0 saturated carbocycles. The van der Waals surface area contributed by atoms with E-state index >= 15 is 0 Å². The summed E-state index contributed by atoms with van der Waals surface area (Å²) in [4.78, 5) is 42.2. The Morgan fingerprint density at radius 1 is 0.970 bits per heavy atom. The second-order valence-corrected chi connectivity index (χ2v) is 9.73. The molecule has 9 heteroatoms. The summed E-state index contributed by atoms with van der Waals surface area (Å²) < 4.78 is 3.22. The number of nitrogens with one attached hydrogen (secondary N) is 2. The zero-order valence-corrected chi connectivity index (χ0v) is 19.4. The first-order valence-corrected chi connectivity index (χ1v) is 12.2. The van der Waals surface area contributed by atoms with Gasteiger partial charge in [-0.25, -0.2) is 4.79 Å². The lowest BCUT2D eigenvalue weighted by Crippen LogP contribution is -2.48. The van der Waals surface area contributed by atoms with Crippen LogP contribution in [0.1, 0.15) is 37.3 Å². The fourth-order valence-corrected chi connectivity index (χ4v) is 5.68. The van der Waals surface area contributed by atoms with E-state index in [1.165, 1.54) is 19.4 Å². The summed E-state index contributed by atoms with van der Waals surface area (Å²) in [5, 5.41) is 5.83. The van der Waals surface area contributed by atoms with Gasteiger partial charge in [0, 0.05) is 52.7 Å². The summed E-state index contributed by atoms with van der Waals surface area (Å²) in [6, 6.07) is 5.30. The van der Waals surface area contributed by atoms with Crippen LogP contribution < -0.4 is 16.3 Å². The smallest absolute Gasteiger partial charge is 0.317 e. The predicted octanol–water partition coefficient (Wildman–Crippen LogP) is 0.435. The van der Waals surface area contributed by atoms with Crippen molar-refractivity contribution >= 4 is 22.8 Å². The highest BCUT2D eigenvalue weighted by Crippen LogP contribution is 2.26. The molecular weight excluding hydrogens is 420 g/mol. The van der Waals surface area contributed by atoms with Crippen LogP contribution in [0.15, 0.2) is 23.0 Å². The van der Waals surface area contributed by atoms with Gasteiger partial charge in [0.15, 0.2) is 0 Å². The molecule has 9 nitrogen and oxygen atoms in total. The molecule has 0 bridgehead atoms. The topological polar surface area (TPSA) is 91.6 Å². The van der Waals surface area contributed by atoms with E-state index in [1.807, 2.05) is 12.1 Å². The average Bonchev–Trinajstić information content (AvgIpc) is 3.07. The lowest BCUT2D eigenvalue weighted by Gasteiger charge is -2.37. The van der Waals surface area contributed by atoms with Gasteiger partial charge in [0.2, 0.25) is 11.8 Å². The van der Waals surface area contributed by atoms with Crippen LogP contribution in [0.2, 0.25) is 0 Å². The molecule has 3 saturated heterocycles. The number of carbonyl (C=O) groups excluding carboxylic acids is 2. The van der Waals surface area contributed by atoms with Gasteiger partial charge in [-0.1, -0.05) is 12.1 Å². The highest BCUT2D eigenvalue weighted by molar-refractivity contribution is 6.00. The lowest BCUT2D eigenvalue weighted by atomic mass is 9.97. The van der Waals surface area contributed by atoms with Gasteiger partial charge in [0.25, 0.3) is 0 Å². The van der Waals surface area contributed by atoms with Crippen molar-refractivity contribution in [1.29, 1.82) is 0 Å². The summed E-state index contributed by atoms with van der Waals surface area (Å²) in [7, 11) is 1.77. The third kappa shape index (κ3) is 4.49. The fraction of sp³-hybridized carbons (Fsp3) is 0.625. The molecule has 1 unspecified atom stereocenters. The van der Waals surface area contributed by atoms with Gasteiger partial charge in [-0.05, 0) is 49.9 Å². The Balaban J connectivity index is 1.31. The molecule has 0 radical (unpaired) electrons. The number of carbonyl (C=O) groups is 2. The summed E-state index contributed by atoms with van der Waals surface area (Å²) >= 11 is 0. The SMILES string of the molecule is Cn1c(=O)n(C2CCC(=O)NC2=O)c2cccc(CN3CCN(CC4CCNCC4)CC3)c21. The van der Waals surface area contributed by atoms with Gasteiger partial charge < -0.3 is 10.2 Å². The minimum Gasteiger partial charge on any atom is -0.317 e. The minimum atomic E-state index is -0.646. The number of aromatic nitrogens is 2. The number of piperazine rings is 1. The second-order valence-electron chi connectivity index (χ2n) is 9.73. The number of aryl methyl sites for hydroxylation is 1. The number of nitrogens with zero attached hydrogens (tertiary/aromatic N) is 4. The predicted molar refractivity (Wildman–Crippen MR) is 126 cm³/mol. The average molecular weight is 455 g/mol. The van der Waals surface area contributed by atoms with Crippen molar-refractivity contribution in [3.8, 4) is 0 Å². The number of hydrogen-bond donors (Lipinski definition) is 2. The maximum Gasteiger partial charge on any atom is 0.329 e. The van der Waals surface area contributed by atoms with Crippen LogP contribution in [0.5, 0.6) is 0 Å². The fourth-order valence-electron chi connectivity index (χ4n) is 5.68. The normalized spacial score (nSPS) is 23.8. The van der Waals surface area contributed by atoms with Crippen LogP contribution in [0.3, 0.4) is 0 Å². The zero-order chi connectivity index (χ0) is 22.9. The van der Waals surface area contributed by atoms with Gasteiger partial charge in [0.05, 0.1) is 11.0 Å². The van der Waals surface area contributed by atoms with Gasteiger partial charge in [0.1, 0.15) is 6.04 Å². The maximum absolute atomic E-state index is 13.1. The number of piperidine rings is 2. The molecule has 3 aliphatic rings. The molecule has 0 aliphatic carbocycles. The first-order valence-electron chi connectivity index (χ1n) is 12.2. The highest BCUT2D eigenvalue weighted by atomic mass is 16.2. The standard InChI is InChI=1S/C24H34N6O3/c1-27-22-18(16-29-13-11-28(12-14-29)15-17-7-9-25-10-8-17)3-2-4-19(22)30(24(27)33)20-5-6-21(31)26-23(20)32/h2-4,17,20,25H,5-16H2,1H3,(H,26,31,32). The van der Waals surface area contributed by atoms with E-state index in [2.05, 4.69) is 26.5 Å². The quantitative estimate of drug-likeness (QED) is 0.637. The number of hydrogen-bond acceptors (Lipinski definition) is 6. The molecular formula is C24H34N6O3. The Labute approximate surface area is 193 Å². The van der Waals surface area contributed by atoms with Gasteiger partial charge in [-0.3, -0.25) is 28.9 Å². The van der Waals surface area contributed by atoms with Crippen molar-refractivity contribution in [2.75, 3.05) is 45.8 Å².